The van der Waals surface area contributed by atoms with Crippen LogP contribution in [0.25, 0.3) is 0 Å². The van der Waals surface area contributed by atoms with E-state index in [0.717, 1.165) is 31.1 Å². The van der Waals surface area contributed by atoms with Gasteiger partial charge in [0, 0.05) is 30.5 Å². The van der Waals surface area contributed by atoms with E-state index in [4.69, 9.17) is 4.74 Å². The lowest BCUT2D eigenvalue weighted by Crippen LogP contribution is -2.67. The van der Waals surface area contributed by atoms with E-state index >= 15 is 0 Å². The number of benzene rings is 1. The van der Waals surface area contributed by atoms with Crippen LogP contribution in [-0.4, -0.2) is 31.3 Å². The largest absolute Gasteiger partial charge is 0.377 e. The second kappa shape index (κ2) is 8.52. The Balaban J connectivity index is 0.00000225. The van der Waals surface area contributed by atoms with Gasteiger partial charge in [0.1, 0.15) is 5.82 Å². The maximum Gasteiger partial charge on any atom is 0.191 e. The molecule has 7 heteroatoms. The third-order valence-corrected chi connectivity index (χ3v) is 5.78. The van der Waals surface area contributed by atoms with Gasteiger partial charge in [0.15, 0.2) is 5.96 Å². The van der Waals surface area contributed by atoms with Crippen molar-refractivity contribution in [1.29, 1.82) is 0 Å². The summed E-state index contributed by atoms with van der Waals surface area (Å²) in [7, 11) is 0. The number of fused-ring (bicyclic) bond motifs is 1. The first-order valence-corrected chi connectivity index (χ1v) is 9.33. The highest BCUT2D eigenvalue weighted by atomic mass is 127. The van der Waals surface area contributed by atoms with Crippen molar-refractivity contribution in [3.63, 3.8) is 0 Å². The second-order valence-corrected chi connectivity index (χ2v) is 7.99. The number of hydrogen-bond donors (Lipinski definition) is 2. The second-order valence-electron chi connectivity index (χ2n) is 7.13. The van der Waals surface area contributed by atoms with Gasteiger partial charge in [0.05, 0.1) is 17.1 Å². The fourth-order valence-corrected chi connectivity index (χ4v) is 4.14. The highest BCUT2D eigenvalue weighted by molar-refractivity contribution is 14.0. The van der Waals surface area contributed by atoms with Gasteiger partial charge in [-0.1, -0.05) is 19.9 Å². The molecule has 3 atom stereocenters. The van der Waals surface area contributed by atoms with E-state index in [9.17, 15) is 4.39 Å². The van der Waals surface area contributed by atoms with Crippen LogP contribution in [0.5, 0.6) is 0 Å². The summed E-state index contributed by atoms with van der Waals surface area (Å²) in [4.78, 5) is 4.63. The summed E-state index contributed by atoms with van der Waals surface area (Å²) in [6, 6.07) is 5.47. The summed E-state index contributed by atoms with van der Waals surface area (Å²) >= 11 is 3.18. The Hall–Kier alpha value is -0.410. The molecule has 1 aromatic carbocycles. The molecule has 1 aromatic rings. The minimum atomic E-state index is -0.258. The molecule has 1 heterocycles. The van der Waals surface area contributed by atoms with Crippen LogP contribution in [0.4, 0.5) is 4.39 Å². The van der Waals surface area contributed by atoms with Gasteiger partial charge >= 0.3 is 0 Å². The Kier molecular flexibility index (Phi) is 7.12. The highest BCUT2D eigenvalue weighted by Gasteiger charge is 2.59. The third kappa shape index (κ3) is 4.30. The van der Waals surface area contributed by atoms with Crippen molar-refractivity contribution >= 4 is 45.9 Å². The van der Waals surface area contributed by atoms with E-state index in [1.165, 1.54) is 6.07 Å². The maximum absolute atomic E-state index is 13.6. The molecule has 25 heavy (non-hydrogen) atoms. The van der Waals surface area contributed by atoms with Crippen molar-refractivity contribution in [2.45, 2.75) is 45.9 Å². The van der Waals surface area contributed by atoms with Gasteiger partial charge < -0.3 is 15.4 Å². The topological polar surface area (TPSA) is 45.7 Å². The van der Waals surface area contributed by atoms with Gasteiger partial charge in [0.25, 0.3) is 0 Å². The predicted octanol–water partition coefficient (Wildman–Crippen LogP) is 4.07. The lowest BCUT2D eigenvalue weighted by Gasteiger charge is -2.54. The Labute approximate surface area is 174 Å². The normalized spacial score (nSPS) is 27.1. The minimum absolute atomic E-state index is 0. The van der Waals surface area contributed by atoms with Crippen LogP contribution in [0.15, 0.2) is 27.7 Å². The van der Waals surface area contributed by atoms with Crippen LogP contribution in [0, 0.1) is 17.2 Å². The zero-order valence-corrected chi connectivity index (χ0v) is 18.7. The van der Waals surface area contributed by atoms with Crippen LogP contribution in [0.3, 0.4) is 0 Å². The summed E-state index contributed by atoms with van der Waals surface area (Å²) in [5, 5.41) is 6.86. The lowest BCUT2D eigenvalue weighted by atomic mass is 9.57. The number of nitrogens with zero attached hydrogens (tertiary/aromatic N) is 1. The average molecular weight is 526 g/mol. The molecule has 0 bridgehead atoms. The van der Waals surface area contributed by atoms with Gasteiger partial charge in [-0.05, 0) is 47.0 Å². The zero-order chi connectivity index (χ0) is 17.3. The van der Waals surface area contributed by atoms with E-state index in [2.05, 4.69) is 45.4 Å². The fourth-order valence-electron chi connectivity index (χ4n) is 3.89. The van der Waals surface area contributed by atoms with Crippen molar-refractivity contribution in [3.8, 4) is 0 Å². The Morgan fingerprint density at radius 1 is 1.44 bits per heavy atom. The first kappa shape index (κ1) is 20.9. The molecule has 3 unspecified atom stereocenters. The molecule has 1 saturated carbocycles. The van der Waals surface area contributed by atoms with Crippen molar-refractivity contribution in [3.05, 3.63) is 34.1 Å². The van der Waals surface area contributed by atoms with Gasteiger partial charge in [-0.3, -0.25) is 0 Å². The van der Waals surface area contributed by atoms with Crippen molar-refractivity contribution in [1.82, 2.24) is 10.6 Å². The van der Waals surface area contributed by atoms with E-state index < -0.39 is 0 Å². The van der Waals surface area contributed by atoms with Gasteiger partial charge in [-0.25, -0.2) is 9.38 Å². The number of ether oxygens (including phenoxy) is 1. The molecule has 1 saturated heterocycles. The average Bonchev–Trinajstić information content (AvgIpc) is 3.00. The summed E-state index contributed by atoms with van der Waals surface area (Å²) in [5.41, 5.74) is 0.948. The standard InChI is InChI=1S/C18H25BrFN3O.HI/c1-4-21-17(22-10-11-5-6-13(19)14(20)9-11)23-15-12-7-8-24-16(12)18(15,2)3;/h5-6,9,12,15-16H,4,7-8,10H2,1-3H3,(H2,21,22,23);1H. The summed E-state index contributed by atoms with van der Waals surface area (Å²) in [6.45, 7) is 8.61. The fraction of sp³-hybridized carbons (Fsp3) is 0.611. The highest BCUT2D eigenvalue weighted by Crippen LogP contribution is 2.52. The number of nitrogens with one attached hydrogen (secondary N) is 2. The molecule has 3 rings (SSSR count). The van der Waals surface area contributed by atoms with E-state index in [-0.39, 0.29) is 35.2 Å². The van der Waals surface area contributed by atoms with Crippen molar-refractivity contribution in [2.75, 3.05) is 13.2 Å². The molecule has 0 amide bonds. The smallest absolute Gasteiger partial charge is 0.191 e. The number of aliphatic imine (C=N–C) groups is 1. The Morgan fingerprint density at radius 2 is 2.20 bits per heavy atom. The molecular weight excluding hydrogens is 500 g/mol. The van der Waals surface area contributed by atoms with Crippen LogP contribution in [0.1, 0.15) is 32.8 Å². The molecule has 140 valence electrons. The van der Waals surface area contributed by atoms with Crippen molar-refractivity contribution in [2.24, 2.45) is 16.3 Å². The Morgan fingerprint density at radius 3 is 2.88 bits per heavy atom. The minimum Gasteiger partial charge on any atom is -0.377 e. The first-order valence-electron chi connectivity index (χ1n) is 8.54. The number of halogens is 3. The first-order chi connectivity index (χ1) is 11.4. The van der Waals surface area contributed by atoms with E-state index in [1.54, 1.807) is 6.07 Å². The molecule has 1 aliphatic heterocycles. The summed E-state index contributed by atoms with van der Waals surface area (Å²) in [5.74, 6) is 1.07. The molecule has 0 aromatic heterocycles. The molecule has 0 spiro atoms. The molecule has 4 nitrogen and oxygen atoms in total. The molecule has 2 aliphatic rings. The number of hydrogen-bond acceptors (Lipinski definition) is 2. The number of rotatable bonds is 4. The SMILES string of the molecule is CCNC(=NCc1ccc(Br)c(F)c1)NC1C2CCOC2C1(C)C.I. The quantitative estimate of drug-likeness (QED) is 0.354. The van der Waals surface area contributed by atoms with E-state index in [1.807, 2.05) is 13.0 Å². The Bertz CT molecular complexity index is 641. The maximum atomic E-state index is 13.6. The molecule has 1 aliphatic carbocycles. The molecular formula is C18H26BrFIN3O. The molecule has 2 fully saturated rings. The van der Waals surface area contributed by atoms with Crippen molar-refractivity contribution < 1.29 is 9.13 Å². The van der Waals surface area contributed by atoms with Crippen LogP contribution in [-0.2, 0) is 11.3 Å². The summed E-state index contributed by atoms with van der Waals surface area (Å²) < 4.78 is 20.0. The van der Waals surface area contributed by atoms with E-state index in [0.29, 0.717) is 29.1 Å². The van der Waals surface area contributed by atoms with Gasteiger partial charge in [-0.15, -0.1) is 24.0 Å². The zero-order valence-electron chi connectivity index (χ0n) is 14.8. The molecule has 0 radical (unpaired) electrons. The van der Waals surface area contributed by atoms with Gasteiger partial charge in [-0.2, -0.15) is 0 Å². The van der Waals surface area contributed by atoms with Crippen LogP contribution in [0.2, 0.25) is 0 Å². The number of guanidine groups is 1. The molecule has 2 N–H and O–H groups in total. The lowest BCUT2D eigenvalue weighted by molar-refractivity contribution is -0.106. The monoisotopic (exact) mass is 525 g/mol. The van der Waals surface area contributed by atoms with Crippen LogP contribution < -0.4 is 10.6 Å². The van der Waals surface area contributed by atoms with Crippen LogP contribution >= 0.6 is 39.9 Å². The third-order valence-electron chi connectivity index (χ3n) is 5.14. The summed E-state index contributed by atoms with van der Waals surface area (Å²) in [6.07, 6.45) is 1.45. The predicted molar refractivity (Wildman–Crippen MR) is 113 cm³/mol. The van der Waals surface area contributed by atoms with Gasteiger partial charge in [0.2, 0.25) is 0 Å².